The van der Waals surface area contributed by atoms with E-state index in [2.05, 4.69) is 5.32 Å². The monoisotopic (exact) mass is 678 g/mol. The van der Waals surface area contributed by atoms with Crippen LogP contribution >= 0.6 is 0 Å². The Morgan fingerprint density at radius 3 is 1.57 bits per heavy atom. The number of amides is 2. The zero-order valence-corrected chi connectivity index (χ0v) is 25.2. The van der Waals surface area contributed by atoms with E-state index in [1.807, 2.05) is 0 Å². The van der Waals surface area contributed by atoms with Gasteiger partial charge >= 0.3 is 36.7 Å². The highest BCUT2D eigenvalue weighted by Crippen LogP contribution is 2.37. The van der Waals surface area contributed by atoms with Crippen LogP contribution in [0.3, 0.4) is 0 Å². The molecule has 0 fully saturated rings. The second kappa shape index (κ2) is 14.8. The molecule has 0 atom stereocenters. The molecule has 2 aromatic carbocycles. The molecule has 18 heteroatoms. The van der Waals surface area contributed by atoms with E-state index in [0.29, 0.717) is 12.1 Å². The summed E-state index contributed by atoms with van der Waals surface area (Å²) in [5.74, 6) is -4.04. The third-order valence-corrected chi connectivity index (χ3v) is 4.85. The number of hydrogen-bond donors (Lipinski definition) is 3. The Kier molecular flexibility index (Phi) is 12.8. The van der Waals surface area contributed by atoms with Crippen molar-refractivity contribution in [1.82, 2.24) is 10.6 Å². The standard InChI is InChI=1S/C18H24F3NO5.C10H7F6NO2/c1-16(2,3)26-14(23)22-10-11-7-8-12(18(19,20)21)13(9-11)25-15(24)27-17(4,5)6;11-9(12,13)6-2-1-5(3-7(6)18)4-17-8(19)10(14,15)16/h7-9H,10H2,1-6H3,(H,22,23);1-3,18H,4H2,(H,17,19). The van der Waals surface area contributed by atoms with Crippen molar-refractivity contribution in [1.29, 1.82) is 0 Å². The molecule has 0 heterocycles. The molecule has 0 aliphatic rings. The molecule has 3 N–H and O–H groups in total. The lowest BCUT2D eigenvalue weighted by Gasteiger charge is -2.21. The number of benzene rings is 2. The maximum Gasteiger partial charge on any atom is 0.514 e. The van der Waals surface area contributed by atoms with Gasteiger partial charge in [-0.3, -0.25) is 4.79 Å². The lowest BCUT2D eigenvalue weighted by molar-refractivity contribution is -0.173. The molecule has 0 spiro atoms. The molecule has 2 amide bonds. The zero-order valence-electron chi connectivity index (χ0n) is 25.2. The number of alkyl halides is 9. The van der Waals surface area contributed by atoms with Crippen molar-refractivity contribution in [2.45, 2.75) is 84.4 Å². The first-order valence-corrected chi connectivity index (χ1v) is 12.9. The Labute approximate surface area is 257 Å². The highest BCUT2D eigenvalue weighted by Gasteiger charge is 2.39. The molecule has 2 rings (SSSR count). The number of nitrogens with one attached hydrogen (secondary N) is 2. The van der Waals surface area contributed by atoms with Gasteiger partial charge in [-0.2, -0.15) is 39.5 Å². The van der Waals surface area contributed by atoms with Crippen LogP contribution in [0.25, 0.3) is 0 Å². The van der Waals surface area contributed by atoms with Crippen molar-refractivity contribution in [3.8, 4) is 11.5 Å². The highest BCUT2D eigenvalue weighted by molar-refractivity contribution is 5.81. The van der Waals surface area contributed by atoms with E-state index in [1.165, 1.54) is 11.4 Å². The number of aromatic hydroxyl groups is 1. The molecule has 2 aromatic rings. The summed E-state index contributed by atoms with van der Waals surface area (Å²) in [6.07, 6.45) is -16.6. The summed E-state index contributed by atoms with van der Waals surface area (Å²) in [5, 5.41) is 13.0. The SMILES string of the molecule is CC(C)(C)OC(=O)NCc1ccc(C(F)(F)F)c(OC(=O)OC(C)(C)C)c1.O=C(NCc1ccc(C(F)(F)F)c(O)c1)C(F)(F)F. The fourth-order valence-corrected chi connectivity index (χ4v) is 3.05. The van der Waals surface area contributed by atoms with Crippen molar-refractivity contribution >= 4 is 18.2 Å². The number of rotatable bonds is 5. The van der Waals surface area contributed by atoms with Crippen LogP contribution in [0.15, 0.2) is 36.4 Å². The Morgan fingerprint density at radius 2 is 1.13 bits per heavy atom. The van der Waals surface area contributed by atoms with Gasteiger partial charge < -0.3 is 30.0 Å². The minimum atomic E-state index is -5.08. The van der Waals surface area contributed by atoms with Crippen molar-refractivity contribution in [3.63, 3.8) is 0 Å². The Bertz CT molecular complexity index is 1380. The van der Waals surface area contributed by atoms with Crippen LogP contribution < -0.4 is 15.4 Å². The van der Waals surface area contributed by atoms with E-state index in [-0.39, 0.29) is 17.7 Å². The summed E-state index contributed by atoms with van der Waals surface area (Å²) in [6.45, 7) is 8.94. The molecule has 9 nitrogen and oxygen atoms in total. The fourth-order valence-electron chi connectivity index (χ4n) is 3.05. The molecule has 0 aliphatic carbocycles. The number of alkyl carbamates (subject to hydrolysis) is 1. The molecular formula is C28H31F9N2O7. The maximum atomic E-state index is 13.1. The predicted octanol–water partition coefficient (Wildman–Crippen LogP) is 7.63. The molecule has 0 saturated carbocycles. The van der Waals surface area contributed by atoms with Crippen LogP contribution in [0.1, 0.15) is 63.8 Å². The quantitative estimate of drug-likeness (QED) is 0.169. The first-order chi connectivity index (χ1) is 20.6. The van der Waals surface area contributed by atoms with Crippen LogP contribution in [-0.2, 0) is 39.7 Å². The van der Waals surface area contributed by atoms with Gasteiger partial charge in [0, 0.05) is 13.1 Å². The first-order valence-electron chi connectivity index (χ1n) is 12.9. The van der Waals surface area contributed by atoms with E-state index in [9.17, 15) is 53.9 Å². The number of phenols is 1. The molecule has 0 aromatic heterocycles. The summed E-state index contributed by atoms with van der Waals surface area (Å²) >= 11 is 0. The number of halogens is 9. The van der Waals surface area contributed by atoms with Crippen molar-refractivity contribution in [2.75, 3.05) is 0 Å². The maximum absolute atomic E-state index is 13.1. The summed E-state index contributed by atoms with van der Waals surface area (Å²) in [5.41, 5.74) is -3.89. The van der Waals surface area contributed by atoms with E-state index in [4.69, 9.17) is 19.3 Å². The molecule has 46 heavy (non-hydrogen) atoms. The molecule has 0 bridgehead atoms. The Balaban J connectivity index is 0.000000489. The number of hydrogen-bond acceptors (Lipinski definition) is 7. The van der Waals surface area contributed by atoms with Gasteiger partial charge in [0.1, 0.15) is 22.7 Å². The van der Waals surface area contributed by atoms with Crippen LogP contribution in [0, 0.1) is 0 Å². The normalized spacial score (nSPS) is 12.3. The van der Waals surface area contributed by atoms with E-state index < -0.39 is 77.1 Å². The van der Waals surface area contributed by atoms with Gasteiger partial charge in [0.25, 0.3) is 0 Å². The predicted molar refractivity (Wildman–Crippen MR) is 142 cm³/mol. The van der Waals surface area contributed by atoms with Gasteiger partial charge in [0.05, 0.1) is 11.1 Å². The lowest BCUT2D eigenvalue weighted by Crippen LogP contribution is -2.36. The van der Waals surface area contributed by atoms with Crippen LogP contribution in [0.5, 0.6) is 11.5 Å². The largest absolute Gasteiger partial charge is 0.514 e. The van der Waals surface area contributed by atoms with Gasteiger partial charge in [-0.15, -0.1) is 0 Å². The average Bonchev–Trinajstić information content (AvgIpc) is 2.82. The van der Waals surface area contributed by atoms with E-state index in [1.54, 1.807) is 41.5 Å². The number of carbonyl (C=O) groups is 3. The third-order valence-electron chi connectivity index (χ3n) is 4.85. The van der Waals surface area contributed by atoms with Gasteiger partial charge in [0.2, 0.25) is 0 Å². The van der Waals surface area contributed by atoms with Gasteiger partial charge in [-0.25, -0.2) is 9.59 Å². The summed E-state index contributed by atoms with van der Waals surface area (Å²) < 4.78 is 126. The van der Waals surface area contributed by atoms with Gasteiger partial charge in [0.15, 0.2) is 0 Å². The van der Waals surface area contributed by atoms with Gasteiger partial charge in [-0.1, -0.05) is 12.1 Å². The van der Waals surface area contributed by atoms with Crippen LogP contribution in [0.4, 0.5) is 49.1 Å². The minimum absolute atomic E-state index is 0.0944. The van der Waals surface area contributed by atoms with Crippen LogP contribution in [0.2, 0.25) is 0 Å². The molecule has 0 unspecified atom stereocenters. The molecule has 0 saturated heterocycles. The smallest absolute Gasteiger partial charge is 0.507 e. The summed E-state index contributed by atoms with van der Waals surface area (Å²) in [7, 11) is 0. The number of carbonyl (C=O) groups excluding carboxylic acids is 3. The lowest BCUT2D eigenvalue weighted by atomic mass is 10.1. The number of phenolic OH excluding ortho intramolecular Hbond substituents is 1. The van der Waals surface area contributed by atoms with Crippen molar-refractivity contribution < 1.29 is 73.2 Å². The average molecular weight is 679 g/mol. The fraction of sp³-hybridized carbons (Fsp3) is 0.464. The third kappa shape index (κ3) is 14.6. The number of ether oxygens (including phenoxy) is 3. The molecule has 0 aliphatic heterocycles. The molecular weight excluding hydrogens is 647 g/mol. The first kappa shape index (κ1) is 39.6. The van der Waals surface area contributed by atoms with Gasteiger partial charge in [-0.05, 0) is 76.9 Å². The summed E-state index contributed by atoms with van der Waals surface area (Å²) in [6, 6.07) is 4.97. The van der Waals surface area contributed by atoms with E-state index in [0.717, 1.165) is 18.2 Å². The molecule has 258 valence electrons. The zero-order chi connectivity index (χ0) is 35.9. The van der Waals surface area contributed by atoms with Crippen LogP contribution in [-0.4, -0.2) is 40.6 Å². The Hall–Kier alpha value is -4.38. The van der Waals surface area contributed by atoms with Crippen molar-refractivity contribution in [3.05, 3.63) is 58.7 Å². The summed E-state index contributed by atoms with van der Waals surface area (Å²) in [4.78, 5) is 33.9. The Morgan fingerprint density at radius 1 is 0.674 bits per heavy atom. The highest BCUT2D eigenvalue weighted by atomic mass is 19.4. The van der Waals surface area contributed by atoms with E-state index >= 15 is 0 Å². The van der Waals surface area contributed by atoms with Crippen molar-refractivity contribution in [2.24, 2.45) is 0 Å². The second-order valence-corrected chi connectivity index (χ2v) is 11.3. The second-order valence-electron chi connectivity index (χ2n) is 11.3. The topological polar surface area (TPSA) is 123 Å². The minimum Gasteiger partial charge on any atom is -0.507 e. The molecule has 0 radical (unpaired) electrons.